The second-order valence-corrected chi connectivity index (χ2v) is 4.35. The Labute approximate surface area is 107 Å². The first-order chi connectivity index (χ1) is 8.69. The Bertz CT molecular complexity index is 490. The van der Waals surface area contributed by atoms with Crippen LogP contribution in [-0.2, 0) is 19.6 Å². The molecule has 18 heavy (non-hydrogen) atoms. The lowest BCUT2D eigenvalue weighted by Crippen LogP contribution is -2.20. The minimum Gasteiger partial charge on any atom is -0.317 e. The Morgan fingerprint density at radius 3 is 2.72 bits per heavy atom. The summed E-state index contributed by atoms with van der Waals surface area (Å²) in [6.45, 7) is 6.41. The largest absolute Gasteiger partial charge is 0.317 e. The molecule has 0 aliphatic rings. The highest BCUT2D eigenvalue weighted by atomic mass is 15.3. The van der Waals surface area contributed by atoms with E-state index in [4.69, 9.17) is 0 Å². The molecule has 0 atom stereocenters. The summed E-state index contributed by atoms with van der Waals surface area (Å²) in [5, 5.41) is 8.04. The van der Waals surface area contributed by atoms with Gasteiger partial charge in [-0.15, -0.1) is 10.2 Å². The van der Waals surface area contributed by atoms with Crippen LogP contribution in [0.25, 0.3) is 0 Å². The van der Waals surface area contributed by atoms with Crippen LogP contribution >= 0.6 is 0 Å². The molecular weight excluding hydrogens is 228 g/mol. The van der Waals surface area contributed by atoms with Crippen molar-refractivity contribution in [3.63, 3.8) is 0 Å². The zero-order valence-corrected chi connectivity index (χ0v) is 11.0. The maximum Gasteiger partial charge on any atom is 0.146 e. The number of aryl methyl sites for hydroxylation is 2. The normalized spacial score (nSPS) is 11.1. The van der Waals surface area contributed by atoms with E-state index in [1.807, 2.05) is 24.7 Å². The van der Waals surface area contributed by atoms with Crippen molar-refractivity contribution in [1.82, 2.24) is 29.6 Å². The van der Waals surface area contributed by atoms with Crippen LogP contribution in [-0.4, -0.2) is 36.7 Å². The monoisotopic (exact) mass is 246 g/mol. The van der Waals surface area contributed by atoms with E-state index in [1.165, 1.54) is 0 Å². The summed E-state index contributed by atoms with van der Waals surface area (Å²) in [5.74, 6) is 0.972. The molecule has 2 heterocycles. The molecule has 0 aromatic carbocycles. The van der Waals surface area contributed by atoms with Gasteiger partial charge in [0.2, 0.25) is 0 Å². The van der Waals surface area contributed by atoms with E-state index in [0.717, 1.165) is 36.8 Å². The van der Waals surface area contributed by atoms with Crippen LogP contribution in [0.3, 0.4) is 0 Å². The topological polar surface area (TPSA) is 59.7 Å². The smallest absolute Gasteiger partial charge is 0.146 e. The van der Waals surface area contributed by atoms with Crippen molar-refractivity contribution in [2.45, 2.75) is 33.5 Å². The van der Waals surface area contributed by atoms with Crippen molar-refractivity contribution >= 4 is 0 Å². The maximum absolute atomic E-state index is 4.34. The highest BCUT2D eigenvalue weighted by Gasteiger charge is 2.08. The molecule has 0 saturated heterocycles. The van der Waals surface area contributed by atoms with E-state index in [9.17, 15) is 0 Å². The van der Waals surface area contributed by atoms with Crippen molar-refractivity contribution in [3.05, 3.63) is 35.9 Å². The molecular formula is C12H18N6. The fourth-order valence-corrected chi connectivity index (χ4v) is 1.74. The molecule has 0 fully saturated rings. The number of hydrogen-bond donors (Lipinski definition) is 0. The molecule has 2 aromatic rings. The predicted octanol–water partition coefficient (Wildman–Crippen LogP) is 1.03. The van der Waals surface area contributed by atoms with Crippen LogP contribution in [0.5, 0.6) is 0 Å². The lowest BCUT2D eigenvalue weighted by Gasteiger charge is -2.15. The predicted molar refractivity (Wildman–Crippen MR) is 67.6 cm³/mol. The summed E-state index contributed by atoms with van der Waals surface area (Å²) < 4.78 is 2.04. The van der Waals surface area contributed by atoms with Gasteiger partial charge in [-0.3, -0.25) is 14.9 Å². The van der Waals surface area contributed by atoms with Gasteiger partial charge in [0.05, 0.1) is 17.9 Å². The third kappa shape index (κ3) is 3.10. The second kappa shape index (κ2) is 5.68. The first-order valence-corrected chi connectivity index (χ1v) is 6.01. The standard InChI is InChI=1S/C12H18N6/c1-4-18-9-15-16-12(18)8-17(3)7-11-6-13-10(2)5-14-11/h5-6,9H,4,7-8H2,1-3H3. The van der Waals surface area contributed by atoms with E-state index >= 15 is 0 Å². The van der Waals surface area contributed by atoms with Crippen molar-refractivity contribution < 1.29 is 0 Å². The summed E-state index contributed by atoms with van der Waals surface area (Å²) in [5.41, 5.74) is 1.90. The molecule has 6 nitrogen and oxygen atoms in total. The quantitative estimate of drug-likeness (QED) is 0.788. The summed E-state index contributed by atoms with van der Waals surface area (Å²) >= 11 is 0. The van der Waals surface area contributed by atoms with Crippen LogP contribution in [0.2, 0.25) is 0 Å². The third-order valence-electron chi connectivity index (χ3n) is 2.71. The Hall–Kier alpha value is -1.82. The summed E-state index contributed by atoms with van der Waals surface area (Å²) in [7, 11) is 2.04. The molecule has 6 heteroatoms. The van der Waals surface area contributed by atoms with Crippen molar-refractivity contribution in [3.8, 4) is 0 Å². The summed E-state index contributed by atoms with van der Waals surface area (Å²) in [6, 6.07) is 0. The van der Waals surface area contributed by atoms with Gasteiger partial charge < -0.3 is 4.57 Å². The van der Waals surface area contributed by atoms with Gasteiger partial charge in [0.15, 0.2) is 0 Å². The Morgan fingerprint density at radius 2 is 2.06 bits per heavy atom. The number of hydrogen-bond acceptors (Lipinski definition) is 5. The van der Waals surface area contributed by atoms with Crippen LogP contribution in [0, 0.1) is 6.92 Å². The van der Waals surface area contributed by atoms with Gasteiger partial charge in [0, 0.05) is 25.5 Å². The molecule has 0 aliphatic carbocycles. The van der Waals surface area contributed by atoms with Crippen LogP contribution < -0.4 is 0 Å². The van der Waals surface area contributed by atoms with Crippen molar-refractivity contribution in [1.29, 1.82) is 0 Å². The lowest BCUT2D eigenvalue weighted by molar-refractivity contribution is 0.301. The number of aromatic nitrogens is 5. The van der Waals surface area contributed by atoms with Gasteiger partial charge in [0.1, 0.15) is 12.2 Å². The van der Waals surface area contributed by atoms with E-state index in [2.05, 4.69) is 32.0 Å². The summed E-state index contributed by atoms with van der Waals surface area (Å²) in [6.07, 6.45) is 5.36. The van der Waals surface area contributed by atoms with Crippen LogP contribution in [0.15, 0.2) is 18.7 Å². The SMILES string of the molecule is CCn1cnnc1CN(C)Cc1cnc(C)cn1. The fraction of sp³-hybridized carbons (Fsp3) is 0.500. The zero-order chi connectivity index (χ0) is 13.0. The maximum atomic E-state index is 4.34. The Balaban J connectivity index is 1.96. The lowest BCUT2D eigenvalue weighted by atomic mass is 10.4. The molecule has 0 unspecified atom stereocenters. The molecule has 2 aromatic heterocycles. The first kappa shape index (κ1) is 12.6. The molecule has 0 amide bonds. The molecule has 0 saturated carbocycles. The second-order valence-electron chi connectivity index (χ2n) is 4.35. The molecule has 96 valence electrons. The van der Waals surface area contributed by atoms with E-state index < -0.39 is 0 Å². The Morgan fingerprint density at radius 1 is 1.22 bits per heavy atom. The zero-order valence-electron chi connectivity index (χ0n) is 11.0. The highest BCUT2D eigenvalue weighted by molar-refractivity contribution is 5.00. The van der Waals surface area contributed by atoms with Gasteiger partial charge in [-0.05, 0) is 20.9 Å². The molecule has 2 rings (SSSR count). The minimum absolute atomic E-state index is 0.753. The number of nitrogens with zero attached hydrogens (tertiary/aromatic N) is 6. The van der Waals surface area contributed by atoms with Crippen molar-refractivity contribution in [2.24, 2.45) is 0 Å². The van der Waals surface area contributed by atoms with Gasteiger partial charge in [-0.1, -0.05) is 0 Å². The molecule has 0 aliphatic heterocycles. The summed E-state index contributed by atoms with van der Waals surface area (Å²) in [4.78, 5) is 10.7. The highest BCUT2D eigenvalue weighted by Crippen LogP contribution is 2.04. The van der Waals surface area contributed by atoms with Crippen LogP contribution in [0.1, 0.15) is 24.1 Å². The van der Waals surface area contributed by atoms with Gasteiger partial charge in [-0.25, -0.2) is 0 Å². The molecule has 0 bridgehead atoms. The minimum atomic E-state index is 0.753. The molecule has 0 radical (unpaired) electrons. The average Bonchev–Trinajstić information content (AvgIpc) is 2.79. The number of rotatable bonds is 5. The van der Waals surface area contributed by atoms with Gasteiger partial charge in [-0.2, -0.15) is 0 Å². The van der Waals surface area contributed by atoms with Crippen molar-refractivity contribution in [2.75, 3.05) is 7.05 Å². The third-order valence-corrected chi connectivity index (χ3v) is 2.71. The molecule has 0 spiro atoms. The average molecular weight is 246 g/mol. The molecule has 0 N–H and O–H groups in total. The van der Waals surface area contributed by atoms with Gasteiger partial charge in [0.25, 0.3) is 0 Å². The van der Waals surface area contributed by atoms with Gasteiger partial charge >= 0.3 is 0 Å². The first-order valence-electron chi connectivity index (χ1n) is 6.01. The Kier molecular flexibility index (Phi) is 3.99. The van der Waals surface area contributed by atoms with E-state index in [1.54, 1.807) is 12.5 Å². The van der Waals surface area contributed by atoms with E-state index in [-0.39, 0.29) is 0 Å². The van der Waals surface area contributed by atoms with Crippen LogP contribution in [0.4, 0.5) is 0 Å². The van der Waals surface area contributed by atoms with E-state index in [0.29, 0.717) is 0 Å². The fourth-order valence-electron chi connectivity index (χ4n) is 1.74.